The van der Waals surface area contributed by atoms with E-state index in [2.05, 4.69) is 26.5 Å². The summed E-state index contributed by atoms with van der Waals surface area (Å²) >= 11 is 0. The largest absolute Gasteiger partial charge is 0.493 e. The van der Waals surface area contributed by atoms with Gasteiger partial charge in [0, 0.05) is 66.0 Å². The molecule has 2 aliphatic rings. The molecule has 7 rings (SSSR count). The number of aromatic nitrogens is 2. The van der Waals surface area contributed by atoms with Crippen molar-refractivity contribution in [1.82, 2.24) is 9.97 Å². The molecule has 0 saturated carbocycles. The maximum Gasteiger partial charge on any atom is 0.458 e. The molecule has 5 aromatic rings. The summed E-state index contributed by atoms with van der Waals surface area (Å²) in [4.78, 5) is 20.1. The van der Waals surface area contributed by atoms with Crippen molar-refractivity contribution in [2.75, 3.05) is 30.3 Å². The second-order valence-electron chi connectivity index (χ2n) is 13.0. The first-order valence-electron chi connectivity index (χ1n) is 17.4. The molecule has 282 valence electrons. The number of aliphatic hydroxyl groups is 1. The summed E-state index contributed by atoms with van der Waals surface area (Å²) in [7, 11) is 0. The van der Waals surface area contributed by atoms with Crippen LogP contribution in [0.1, 0.15) is 69.0 Å². The van der Waals surface area contributed by atoms with E-state index in [-0.39, 0.29) is 29.6 Å². The van der Waals surface area contributed by atoms with Gasteiger partial charge in [0.05, 0.1) is 42.5 Å². The molecule has 0 fully saturated rings. The van der Waals surface area contributed by atoms with Crippen LogP contribution in [0.3, 0.4) is 0 Å². The van der Waals surface area contributed by atoms with Crippen LogP contribution in [-0.4, -0.2) is 52.0 Å². The number of ether oxygens (including phenoxy) is 3. The molecule has 0 aliphatic carbocycles. The normalized spacial score (nSPS) is 17.3. The summed E-state index contributed by atoms with van der Waals surface area (Å²) in [6, 6.07) is 17.0. The highest BCUT2D eigenvalue weighted by molar-refractivity contribution is 5.93. The number of nitrogens with one attached hydrogen (secondary N) is 2. The molecule has 0 bridgehead atoms. The number of hydrogen-bond donors (Lipinski definition) is 4. The fourth-order valence-corrected chi connectivity index (χ4v) is 6.76. The summed E-state index contributed by atoms with van der Waals surface area (Å²) in [6.07, 6.45) is 1.65. The Bertz CT molecular complexity index is 2260. The third kappa shape index (κ3) is 8.74. The molecule has 4 heterocycles. The molecule has 2 aliphatic heterocycles. The molecule has 3 atom stereocenters. The number of aromatic carboxylic acids is 1. The predicted octanol–water partition coefficient (Wildman–Crippen LogP) is 8.21. The van der Waals surface area contributed by atoms with E-state index in [1.807, 2.05) is 6.07 Å². The van der Waals surface area contributed by atoms with Gasteiger partial charge in [-0.25, -0.2) is 9.18 Å². The first-order valence-corrected chi connectivity index (χ1v) is 17.4. The number of halogens is 4. The average Bonchev–Trinajstić information content (AvgIpc) is 3.18. The van der Waals surface area contributed by atoms with Gasteiger partial charge in [-0.2, -0.15) is 13.2 Å². The number of pyridine rings is 2. The lowest BCUT2D eigenvalue weighted by Gasteiger charge is -2.35. The number of fused-ring (bicyclic) bond motifs is 2. The Balaban J connectivity index is 1.28. The topological polar surface area (TPSA) is 135 Å². The van der Waals surface area contributed by atoms with Crippen LogP contribution in [0.5, 0.6) is 23.0 Å². The molecule has 0 amide bonds. The zero-order valence-electron chi connectivity index (χ0n) is 29.1. The minimum absolute atomic E-state index is 0.0802. The fraction of sp³-hybridized carbons (Fsp3) is 0.244. The van der Waals surface area contributed by atoms with Crippen LogP contribution in [0.25, 0.3) is 0 Å². The number of nitrogens with zero attached hydrogens (tertiary/aromatic N) is 2. The molecule has 14 heteroatoms. The van der Waals surface area contributed by atoms with Gasteiger partial charge >= 0.3 is 12.1 Å². The lowest BCUT2D eigenvalue weighted by molar-refractivity contribution is -0.0696. The van der Waals surface area contributed by atoms with E-state index in [1.54, 1.807) is 30.6 Å². The third-order valence-electron chi connectivity index (χ3n) is 9.48. The Kier molecular flexibility index (Phi) is 10.7. The Labute approximate surface area is 313 Å². The van der Waals surface area contributed by atoms with E-state index in [0.717, 1.165) is 11.1 Å². The fourth-order valence-electron chi connectivity index (χ4n) is 6.76. The van der Waals surface area contributed by atoms with Crippen LogP contribution in [0.2, 0.25) is 0 Å². The lowest BCUT2D eigenvalue weighted by Crippen LogP contribution is -2.26. The van der Waals surface area contributed by atoms with Gasteiger partial charge in [0.15, 0.2) is 0 Å². The summed E-state index contributed by atoms with van der Waals surface area (Å²) in [5, 5.41) is 26.2. The van der Waals surface area contributed by atoms with Gasteiger partial charge in [-0.15, -0.1) is 0 Å². The van der Waals surface area contributed by atoms with Crippen LogP contribution in [-0.2, 0) is 6.61 Å². The van der Waals surface area contributed by atoms with Crippen molar-refractivity contribution in [3.63, 3.8) is 0 Å². The molecular formula is C41H34F4N4O6. The first kappa shape index (κ1) is 37.0. The second kappa shape index (κ2) is 16.0. The summed E-state index contributed by atoms with van der Waals surface area (Å²) in [6.45, 7) is 0.862. The molecule has 3 aromatic carbocycles. The highest BCUT2D eigenvalue weighted by Crippen LogP contribution is 2.48. The molecule has 2 aromatic heterocycles. The van der Waals surface area contributed by atoms with Crippen LogP contribution in [0.4, 0.5) is 28.9 Å². The van der Waals surface area contributed by atoms with Crippen LogP contribution >= 0.6 is 0 Å². The highest BCUT2D eigenvalue weighted by Gasteiger charge is 2.34. The average molecular weight is 755 g/mol. The molecule has 3 unspecified atom stereocenters. The van der Waals surface area contributed by atoms with E-state index in [4.69, 9.17) is 14.2 Å². The third-order valence-corrected chi connectivity index (χ3v) is 9.48. The summed E-state index contributed by atoms with van der Waals surface area (Å²) < 4.78 is 72.1. The zero-order chi connectivity index (χ0) is 38.5. The van der Waals surface area contributed by atoms with E-state index >= 15 is 0 Å². The number of alkyl halides is 3. The van der Waals surface area contributed by atoms with Crippen molar-refractivity contribution in [1.29, 1.82) is 0 Å². The second-order valence-corrected chi connectivity index (χ2v) is 13.0. The van der Waals surface area contributed by atoms with Crippen molar-refractivity contribution in [3.05, 3.63) is 131 Å². The number of aliphatic hydroxyl groups excluding tert-OH is 1. The van der Waals surface area contributed by atoms with E-state index < -0.39 is 24.1 Å². The first-order chi connectivity index (χ1) is 26.5. The number of carbonyl (C=O) groups is 1. The van der Waals surface area contributed by atoms with Gasteiger partial charge in [-0.3, -0.25) is 9.97 Å². The van der Waals surface area contributed by atoms with Crippen molar-refractivity contribution < 1.29 is 46.8 Å². The van der Waals surface area contributed by atoms with Gasteiger partial charge < -0.3 is 35.1 Å². The van der Waals surface area contributed by atoms with E-state index in [0.29, 0.717) is 78.0 Å². The Hall–Kier alpha value is -6.33. The van der Waals surface area contributed by atoms with Crippen molar-refractivity contribution >= 4 is 17.3 Å². The lowest BCUT2D eigenvalue weighted by atomic mass is 9.84. The van der Waals surface area contributed by atoms with Crippen molar-refractivity contribution in [2.45, 2.75) is 43.6 Å². The predicted molar refractivity (Wildman–Crippen MR) is 194 cm³/mol. The number of benzene rings is 3. The van der Waals surface area contributed by atoms with Gasteiger partial charge in [0.2, 0.25) is 0 Å². The van der Waals surface area contributed by atoms with Crippen LogP contribution < -0.4 is 24.8 Å². The van der Waals surface area contributed by atoms with E-state index in [1.165, 1.54) is 60.8 Å². The highest BCUT2D eigenvalue weighted by atomic mass is 19.4. The molecule has 4 N–H and O–H groups in total. The molecular weight excluding hydrogens is 720 g/mol. The van der Waals surface area contributed by atoms with Crippen LogP contribution in [0, 0.1) is 17.7 Å². The Morgan fingerprint density at radius 1 is 0.891 bits per heavy atom. The molecule has 55 heavy (non-hydrogen) atoms. The SMILES string of the molecule is O=C(O)c1ccncc1NCC1CCOc2cc(Oc3ccc(F)cc3)c(C3CC(CNc4cnccc4CO)c4ccc(C#CC(F)(F)F)cc4O3)cc21. The standard InChI is InChI=1S/C41H34F4N4O6/c42-28-2-4-29(5-3-28)54-39-18-36-32(25(10-14-53-36)19-49-35-22-47-13-9-31(35)40(51)52)17-33(39)38-16-27(20-48-34-21-46-12-8-26(34)23-50)30-6-1-24(15-37(30)55-38)7-11-41(43,44)45/h1-6,8-9,12-13,15,17-18,21-22,25,27,38,48-50H,10,14,16,19-20,23H2,(H,51,52). The number of hydrogen-bond acceptors (Lipinski definition) is 9. The summed E-state index contributed by atoms with van der Waals surface area (Å²) in [5.41, 5.74) is 3.98. The monoisotopic (exact) mass is 754 g/mol. The minimum Gasteiger partial charge on any atom is -0.493 e. The number of carboxylic acid groups (broad SMARTS) is 1. The van der Waals surface area contributed by atoms with Gasteiger partial charge in [-0.05, 0) is 78.6 Å². The molecule has 0 saturated heterocycles. The Morgan fingerprint density at radius 2 is 1.64 bits per heavy atom. The smallest absolute Gasteiger partial charge is 0.458 e. The molecule has 0 spiro atoms. The quantitative estimate of drug-likeness (QED) is 0.0772. The molecule has 0 radical (unpaired) electrons. The minimum atomic E-state index is -4.69. The number of carboxylic acids is 1. The maximum absolute atomic E-state index is 13.9. The van der Waals surface area contributed by atoms with Gasteiger partial charge in [-0.1, -0.05) is 12.0 Å². The van der Waals surface area contributed by atoms with E-state index in [9.17, 15) is 32.6 Å². The van der Waals surface area contributed by atoms with Gasteiger partial charge in [0.1, 0.15) is 34.9 Å². The Morgan fingerprint density at radius 3 is 2.40 bits per heavy atom. The van der Waals surface area contributed by atoms with Crippen LogP contribution in [0.15, 0.2) is 91.5 Å². The van der Waals surface area contributed by atoms with Crippen molar-refractivity contribution in [2.24, 2.45) is 0 Å². The molecule has 10 nitrogen and oxygen atoms in total. The maximum atomic E-state index is 13.9. The van der Waals surface area contributed by atoms with Gasteiger partial charge in [0.25, 0.3) is 0 Å². The number of rotatable bonds is 11. The summed E-state index contributed by atoms with van der Waals surface area (Å²) in [5.74, 6) is 3.15. The zero-order valence-corrected chi connectivity index (χ0v) is 29.1. The number of anilines is 2. The van der Waals surface area contributed by atoms with Crippen molar-refractivity contribution in [3.8, 4) is 34.8 Å².